The van der Waals surface area contributed by atoms with Crippen molar-refractivity contribution < 1.29 is 8.78 Å². The molecule has 0 aliphatic heterocycles. The van der Waals surface area contributed by atoms with Crippen LogP contribution < -0.4 is 5.32 Å². The molecular weight excluding hydrogens is 376 g/mol. The molecule has 9 heteroatoms. The van der Waals surface area contributed by atoms with Crippen molar-refractivity contribution >= 4 is 22.7 Å². The third kappa shape index (κ3) is 5.03. The van der Waals surface area contributed by atoms with E-state index in [1.54, 1.807) is 6.33 Å². The molecule has 29 heavy (non-hydrogen) atoms. The number of halogens is 2. The average Bonchev–Trinajstić information content (AvgIpc) is 3.09. The lowest BCUT2D eigenvalue weighted by Gasteiger charge is -2.19. The van der Waals surface area contributed by atoms with Gasteiger partial charge >= 0.3 is 0 Å². The molecule has 0 radical (unpaired) electrons. The van der Waals surface area contributed by atoms with Crippen molar-refractivity contribution in [1.29, 1.82) is 5.26 Å². The summed E-state index contributed by atoms with van der Waals surface area (Å²) in [5.41, 5.74) is 1.13. The van der Waals surface area contributed by atoms with E-state index in [2.05, 4.69) is 39.0 Å². The van der Waals surface area contributed by atoms with Crippen molar-refractivity contribution in [2.45, 2.75) is 33.2 Å². The summed E-state index contributed by atoms with van der Waals surface area (Å²) in [6, 6.07) is 5.00. The number of nitriles is 1. The van der Waals surface area contributed by atoms with Crippen LogP contribution in [0.15, 0.2) is 24.5 Å². The van der Waals surface area contributed by atoms with Crippen LogP contribution in [0.4, 0.5) is 20.3 Å². The van der Waals surface area contributed by atoms with Crippen LogP contribution in [0.5, 0.6) is 0 Å². The number of nitrogens with zero attached hydrogens (tertiary/aromatic N) is 6. The first-order valence-corrected chi connectivity index (χ1v) is 9.62. The molecule has 0 atom stereocenters. The van der Waals surface area contributed by atoms with Crippen molar-refractivity contribution in [2.75, 3.05) is 25.0 Å². The molecule has 0 bridgehead atoms. The maximum atomic E-state index is 13.5. The van der Waals surface area contributed by atoms with Gasteiger partial charge in [0.05, 0.1) is 6.33 Å². The second-order valence-corrected chi connectivity index (χ2v) is 6.69. The summed E-state index contributed by atoms with van der Waals surface area (Å²) in [6.07, 6.45) is 3.66. The summed E-state index contributed by atoms with van der Waals surface area (Å²) in [5, 5.41) is 12.1. The zero-order chi connectivity index (χ0) is 20.8. The fourth-order valence-corrected chi connectivity index (χ4v) is 3.22. The van der Waals surface area contributed by atoms with E-state index in [4.69, 9.17) is 0 Å². The first-order valence-electron chi connectivity index (χ1n) is 9.62. The van der Waals surface area contributed by atoms with Gasteiger partial charge < -0.3 is 14.8 Å². The molecule has 0 aliphatic rings. The van der Waals surface area contributed by atoms with E-state index >= 15 is 0 Å². The highest BCUT2D eigenvalue weighted by Crippen LogP contribution is 2.24. The number of aromatic nitrogens is 4. The van der Waals surface area contributed by atoms with Gasteiger partial charge in [0.15, 0.2) is 17.0 Å². The van der Waals surface area contributed by atoms with E-state index in [0.29, 0.717) is 17.7 Å². The summed E-state index contributed by atoms with van der Waals surface area (Å²) in [5.74, 6) is -1.23. The summed E-state index contributed by atoms with van der Waals surface area (Å²) in [4.78, 5) is 15.1. The summed E-state index contributed by atoms with van der Waals surface area (Å²) < 4.78 is 28.9. The molecule has 0 fully saturated rings. The van der Waals surface area contributed by atoms with Gasteiger partial charge in [-0.25, -0.2) is 13.8 Å². The lowest BCUT2D eigenvalue weighted by molar-refractivity contribution is 0.279. The Kier molecular flexibility index (Phi) is 6.67. The van der Waals surface area contributed by atoms with Crippen LogP contribution in [0.1, 0.15) is 32.5 Å². The molecule has 0 amide bonds. The second-order valence-electron chi connectivity index (χ2n) is 6.69. The first kappa shape index (κ1) is 20.6. The molecule has 0 saturated carbocycles. The van der Waals surface area contributed by atoms with E-state index in [-0.39, 0.29) is 17.3 Å². The number of fused-ring (bicyclic) bond motifs is 1. The number of nitrogens with one attached hydrogen (secondary N) is 1. The predicted octanol–water partition coefficient (Wildman–Crippen LogP) is 3.84. The third-order valence-corrected chi connectivity index (χ3v) is 4.55. The van der Waals surface area contributed by atoms with Gasteiger partial charge in [0.25, 0.3) is 0 Å². The molecule has 0 aliphatic carbocycles. The Morgan fingerprint density at radius 2 is 1.90 bits per heavy atom. The molecule has 3 rings (SSSR count). The smallest absolute Gasteiger partial charge is 0.236 e. The van der Waals surface area contributed by atoms with Gasteiger partial charge in [-0.1, -0.05) is 13.8 Å². The van der Waals surface area contributed by atoms with E-state index in [0.717, 1.165) is 50.7 Å². The summed E-state index contributed by atoms with van der Waals surface area (Å²) in [6.45, 7) is 7.99. The van der Waals surface area contributed by atoms with Gasteiger partial charge in [0.2, 0.25) is 5.82 Å². The highest BCUT2D eigenvalue weighted by molar-refractivity contribution is 5.85. The molecule has 7 nitrogen and oxygen atoms in total. The number of aryl methyl sites for hydroxylation is 1. The van der Waals surface area contributed by atoms with Gasteiger partial charge in [0.1, 0.15) is 17.7 Å². The Morgan fingerprint density at radius 1 is 1.14 bits per heavy atom. The van der Waals surface area contributed by atoms with Crippen LogP contribution in [-0.2, 0) is 6.54 Å². The van der Waals surface area contributed by atoms with Crippen molar-refractivity contribution in [2.24, 2.45) is 0 Å². The zero-order valence-electron chi connectivity index (χ0n) is 16.5. The van der Waals surface area contributed by atoms with Gasteiger partial charge in [-0.3, -0.25) is 0 Å². The van der Waals surface area contributed by atoms with Gasteiger partial charge in [-0.2, -0.15) is 15.2 Å². The fraction of sp³-hybridized carbons (Fsp3) is 0.400. The maximum absolute atomic E-state index is 13.5. The number of imidazole rings is 1. The molecular formula is C20H23F2N7. The Bertz CT molecular complexity index is 1010. The monoisotopic (exact) mass is 399 g/mol. The molecule has 2 aromatic heterocycles. The van der Waals surface area contributed by atoms with E-state index in [9.17, 15) is 14.0 Å². The first-order chi connectivity index (χ1) is 14.0. The number of anilines is 2. The SMILES string of the molecule is CCCN(CC)CCCn1cnc2c(Nc3cc(F)cc(F)c3)nc(C#N)nc21. The van der Waals surface area contributed by atoms with E-state index < -0.39 is 11.6 Å². The minimum absolute atomic E-state index is 0.0419. The Morgan fingerprint density at radius 3 is 2.55 bits per heavy atom. The highest BCUT2D eigenvalue weighted by Gasteiger charge is 2.14. The lowest BCUT2D eigenvalue weighted by atomic mass is 10.3. The topological polar surface area (TPSA) is 82.7 Å². The minimum atomic E-state index is -0.712. The largest absolute Gasteiger partial charge is 0.338 e. The standard InChI is InChI=1S/C20H23F2N7/c1-3-6-28(4-2)7-5-8-29-13-24-18-19(26-17(12-23)27-20(18)29)25-16-10-14(21)9-15(22)11-16/h9-11,13H,3-8H2,1-2H3,(H,25,26,27). The fourth-order valence-electron chi connectivity index (χ4n) is 3.22. The van der Waals surface area contributed by atoms with Crippen LogP contribution in [0.25, 0.3) is 11.2 Å². The van der Waals surface area contributed by atoms with E-state index in [1.165, 1.54) is 0 Å². The predicted molar refractivity (Wildman–Crippen MR) is 107 cm³/mol. The lowest BCUT2D eigenvalue weighted by Crippen LogP contribution is -2.26. The molecule has 0 unspecified atom stereocenters. The van der Waals surface area contributed by atoms with Crippen molar-refractivity contribution in [3.63, 3.8) is 0 Å². The average molecular weight is 399 g/mol. The second kappa shape index (κ2) is 9.39. The Labute approximate surface area is 168 Å². The van der Waals surface area contributed by atoms with Gasteiger partial charge in [-0.05, 0) is 44.6 Å². The molecule has 2 heterocycles. The Balaban J connectivity index is 1.85. The zero-order valence-corrected chi connectivity index (χ0v) is 16.5. The summed E-state index contributed by atoms with van der Waals surface area (Å²) >= 11 is 0. The quantitative estimate of drug-likeness (QED) is 0.589. The van der Waals surface area contributed by atoms with Crippen LogP contribution in [0, 0.1) is 23.0 Å². The third-order valence-electron chi connectivity index (χ3n) is 4.55. The molecule has 1 aromatic carbocycles. The maximum Gasteiger partial charge on any atom is 0.236 e. The van der Waals surface area contributed by atoms with Crippen LogP contribution in [-0.4, -0.2) is 44.1 Å². The van der Waals surface area contributed by atoms with Crippen molar-refractivity contribution in [1.82, 2.24) is 24.4 Å². The van der Waals surface area contributed by atoms with Gasteiger partial charge in [0, 0.05) is 18.3 Å². The molecule has 0 saturated heterocycles. The number of benzene rings is 1. The normalized spacial score (nSPS) is 11.2. The Hall–Kier alpha value is -3.12. The van der Waals surface area contributed by atoms with Crippen LogP contribution in [0.3, 0.4) is 0 Å². The number of hydrogen-bond acceptors (Lipinski definition) is 6. The molecule has 0 spiro atoms. The van der Waals surface area contributed by atoms with Crippen LogP contribution in [0.2, 0.25) is 0 Å². The van der Waals surface area contributed by atoms with Gasteiger partial charge in [-0.15, -0.1) is 0 Å². The molecule has 3 aromatic rings. The van der Waals surface area contributed by atoms with Crippen molar-refractivity contribution in [3.8, 4) is 6.07 Å². The minimum Gasteiger partial charge on any atom is -0.338 e. The number of rotatable bonds is 9. The highest BCUT2D eigenvalue weighted by atomic mass is 19.1. The molecule has 1 N–H and O–H groups in total. The van der Waals surface area contributed by atoms with E-state index in [1.807, 2.05) is 10.6 Å². The van der Waals surface area contributed by atoms with Crippen LogP contribution >= 0.6 is 0 Å². The molecule has 152 valence electrons. The summed E-state index contributed by atoms with van der Waals surface area (Å²) in [7, 11) is 0. The van der Waals surface area contributed by atoms with Crippen molar-refractivity contribution in [3.05, 3.63) is 42.0 Å². The number of hydrogen-bond donors (Lipinski definition) is 1.